The predicted octanol–water partition coefficient (Wildman–Crippen LogP) is -1.26. The van der Waals surface area contributed by atoms with Crippen molar-refractivity contribution in [2.24, 2.45) is 29.2 Å². The quantitative estimate of drug-likeness (QED) is 0.0296. The van der Waals surface area contributed by atoms with Crippen LogP contribution >= 0.6 is 24.4 Å². The Kier molecular flexibility index (Phi) is 27.4. The molecule has 1 rings (SSSR count). The normalized spacial score (nSPS) is 17.9. The second-order valence-electron chi connectivity index (χ2n) is 18.1. The molecule has 0 aromatic carbocycles. The number of hydrogen-bond acceptors (Lipinski definition) is 14. The van der Waals surface area contributed by atoms with Gasteiger partial charge in [-0.05, 0) is 102 Å². The van der Waals surface area contributed by atoms with E-state index in [0.717, 1.165) is 0 Å². The van der Waals surface area contributed by atoms with Crippen LogP contribution < -0.4 is 48.7 Å². The Bertz CT molecular complexity index is 1640. The molecule has 23 heteroatoms. The molecule has 0 aliphatic carbocycles. The molecule has 10 atom stereocenters. The third-order valence-electron chi connectivity index (χ3n) is 11.0. The van der Waals surface area contributed by atoms with E-state index in [-0.39, 0.29) is 68.7 Å². The van der Waals surface area contributed by atoms with Gasteiger partial charge in [-0.25, -0.2) is 4.79 Å². The number of amides is 8. The van der Waals surface area contributed by atoms with Crippen LogP contribution in [-0.4, -0.2) is 160 Å². The van der Waals surface area contributed by atoms with Crippen molar-refractivity contribution in [3.8, 4) is 0 Å². The first kappa shape index (κ1) is 59.8. The number of thiol groups is 1. The Labute approximate surface area is 399 Å². The summed E-state index contributed by atoms with van der Waals surface area (Å²) in [6.45, 7) is 13.9. The van der Waals surface area contributed by atoms with Gasteiger partial charge in [0.1, 0.15) is 48.3 Å². The lowest BCUT2D eigenvalue weighted by Gasteiger charge is -2.30. The van der Waals surface area contributed by atoms with E-state index < -0.39 is 114 Å². The molecule has 0 bridgehead atoms. The van der Waals surface area contributed by atoms with Gasteiger partial charge in [-0.2, -0.15) is 24.4 Å². The van der Waals surface area contributed by atoms with Gasteiger partial charge in [0.15, 0.2) is 0 Å². The molecule has 0 spiro atoms. The summed E-state index contributed by atoms with van der Waals surface area (Å²) in [6.07, 6.45) is 2.49. The highest BCUT2D eigenvalue weighted by Gasteiger charge is 2.40. The van der Waals surface area contributed by atoms with Gasteiger partial charge in [0.25, 0.3) is 0 Å². The summed E-state index contributed by atoms with van der Waals surface area (Å²) in [4.78, 5) is 121. The van der Waals surface area contributed by atoms with Crippen LogP contribution in [-0.2, 0) is 43.2 Å². The Balaban J connectivity index is 3.22. The van der Waals surface area contributed by atoms with E-state index >= 15 is 0 Å². The molecule has 378 valence electrons. The minimum Gasteiger partial charge on any atom is -0.480 e. The highest BCUT2D eigenvalue weighted by Crippen LogP contribution is 2.20. The summed E-state index contributed by atoms with van der Waals surface area (Å²) in [7, 11) is 0. The number of carbonyl (C=O) groups is 9. The lowest BCUT2D eigenvalue weighted by molar-refractivity contribution is -0.142. The van der Waals surface area contributed by atoms with Crippen molar-refractivity contribution in [1.82, 2.24) is 42.1 Å². The van der Waals surface area contributed by atoms with Crippen molar-refractivity contribution < 1.29 is 53.4 Å². The smallest absolute Gasteiger partial charge is 0.326 e. The predicted molar refractivity (Wildman–Crippen MR) is 255 cm³/mol. The van der Waals surface area contributed by atoms with E-state index in [9.17, 15) is 53.4 Å². The van der Waals surface area contributed by atoms with Crippen LogP contribution in [0.15, 0.2) is 0 Å². The number of carbonyl (C=O) groups excluding carboxylic acids is 8. The number of nitrogens with zero attached hydrogens (tertiary/aromatic N) is 1. The zero-order valence-corrected chi connectivity index (χ0v) is 41.7. The van der Waals surface area contributed by atoms with Crippen molar-refractivity contribution >= 4 is 77.6 Å². The fraction of sp³-hybridized carbons (Fsp3) is 0.791. The molecule has 0 aromatic rings. The lowest BCUT2D eigenvalue weighted by Crippen LogP contribution is -2.62. The van der Waals surface area contributed by atoms with Gasteiger partial charge in [-0.15, -0.1) is 0 Å². The van der Waals surface area contributed by atoms with Crippen molar-refractivity contribution in [3.63, 3.8) is 0 Å². The topological polar surface area (TPSA) is 334 Å². The summed E-state index contributed by atoms with van der Waals surface area (Å²) >= 11 is 5.65. The number of aliphatic hydroxyl groups excluding tert-OH is 1. The molecule has 0 aromatic heterocycles. The molecule has 1 fully saturated rings. The molecular weight excluding hydrogens is 897 g/mol. The summed E-state index contributed by atoms with van der Waals surface area (Å²) in [5, 5.41) is 38.4. The van der Waals surface area contributed by atoms with Crippen molar-refractivity contribution in [3.05, 3.63) is 0 Å². The fourth-order valence-electron chi connectivity index (χ4n) is 7.09. The number of rotatable bonds is 30. The SMILES string of the molecule is CSCC[C@H](NC(=O)[C@@H](N)C(C)C)C(=O)N[C@@H](C)C(=O)N1CCC[C@H]1C(=O)N[C@@H](CCCCN)C(=O)N[C@H](C(=O)N[C@@H](CC(C)C)C(=O)N[C@@H](CS)C(=O)N[C@@H](CC(C)C)C(=O)O)[C@@H](C)O. The fourth-order valence-corrected chi connectivity index (χ4v) is 7.82. The second-order valence-corrected chi connectivity index (χ2v) is 19.4. The summed E-state index contributed by atoms with van der Waals surface area (Å²) in [6, 6.07) is -10.5. The van der Waals surface area contributed by atoms with Gasteiger partial charge in [-0.3, -0.25) is 38.4 Å². The van der Waals surface area contributed by atoms with E-state index in [2.05, 4.69) is 49.8 Å². The number of nitrogens with one attached hydrogen (secondary N) is 7. The molecule has 0 unspecified atom stereocenters. The zero-order chi connectivity index (χ0) is 50.4. The maximum atomic E-state index is 13.9. The number of likely N-dealkylation sites (tertiary alicyclic amines) is 1. The molecular formula is C43H78N10O11S2. The maximum absolute atomic E-state index is 13.9. The van der Waals surface area contributed by atoms with Crippen molar-refractivity contribution in [2.75, 3.05) is 30.9 Å². The van der Waals surface area contributed by atoms with E-state index in [0.29, 0.717) is 25.0 Å². The van der Waals surface area contributed by atoms with Crippen LogP contribution in [0.2, 0.25) is 0 Å². The van der Waals surface area contributed by atoms with E-state index in [4.69, 9.17) is 11.5 Å². The molecule has 1 aliphatic heterocycles. The third-order valence-corrected chi connectivity index (χ3v) is 12.0. The molecule has 66 heavy (non-hydrogen) atoms. The number of carboxylic acid groups (broad SMARTS) is 1. The highest BCUT2D eigenvalue weighted by atomic mass is 32.2. The first-order chi connectivity index (χ1) is 30.9. The minimum atomic E-state index is -1.62. The van der Waals surface area contributed by atoms with Crippen LogP contribution in [0.4, 0.5) is 0 Å². The number of thioether (sulfide) groups is 1. The zero-order valence-electron chi connectivity index (χ0n) is 40.0. The number of unbranched alkanes of at least 4 members (excludes halogenated alkanes) is 1. The summed E-state index contributed by atoms with van der Waals surface area (Å²) in [5.74, 6) is -6.95. The lowest BCUT2D eigenvalue weighted by atomic mass is 10.0. The number of aliphatic hydroxyl groups is 1. The van der Waals surface area contributed by atoms with Crippen LogP contribution in [0.1, 0.15) is 107 Å². The number of carboxylic acids is 1. The largest absolute Gasteiger partial charge is 0.480 e. The van der Waals surface area contributed by atoms with Crippen molar-refractivity contribution in [2.45, 2.75) is 167 Å². The van der Waals surface area contributed by atoms with E-state index in [1.54, 1.807) is 41.5 Å². The molecule has 13 N–H and O–H groups in total. The molecule has 8 amide bonds. The Hall–Kier alpha value is -4.19. The average molecular weight is 975 g/mol. The molecule has 1 aliphatic rings. The first-order valence-corrected chi connectivity index (χ1v) is 24.8. The average Bonchev–Trinajstić information content (AvgIpc) is 3.74. The molecule has 1 saturated heterocycles. The van der Waals surface area contributed by atoms with Crippen LogP contribution in [0.5, 0.6) is 0 Å². The molecule has 1 heterocycles. The molecule has 0 radical (unpaired) electrons. The summed E-state index contributed by atoms with van der Waals surface area (Å²) in [5.41, 5.74) is 11.7. The van der Waals surface area contributed by atoms with E-state index in [1.165, 1.54) is 30.5 Å². The van der Waals surface area contributed by atoms with Gasteiger partial charge < -0.3 is 63.8 Å². The Morgan fingerprint density at radius 3 is 1.73 bits per heavy atom. The third kappa shape index (κ3) is 20.4. The standard InChI is InChI=1S/C43H78N10O11S2/c1-22(2)19-29(37(57)51-31(21-65)38(58)50-30(43(63)64)20-23(3)4)49-41(61)34(26(8)54)52-36(56)27(13-10-11-16-44)47-39(59)32-14-12-17-53(32)42(62)25(7)46-35(55)28(15-18-66-9)48-40(60)33(45)24(5)6/h22-34,54,65H,10-21,44-45H2,1-9H3,(H,46,55)(H,47,59)(H,48,60)(H,49,61)(H,50,58)(H,51,57)(H,52,56)(H,63,64)/t25-,26+,27-,28-,29-,30-,31-,32-,33-,34-/m0/s1. The monoisotopic (exact) mass is 975 g/mol. The van der Waals surface area contributed by atoms with Gasteiger partial charge in [0, 0.05) is 12.3 Å². The van der Waals surface area contributed by atoms with E-state index in [1.807, 2.05) is 6.26 Å². The number of hydrogen-bond donors (Lipinski definition) is 12. The number of nitrogens with two attached hydrogens (primary N) is 2. The second kappa shape index (κ2) is 30.2. The van der Waals surface area contributed by atoms with Gasteiger partial charge in [0.2, 0.25) is 47.3 Å². The highest BCUT2D eigenvalue weighted by molar-refractivity contribution is 7.98. The maximum Gasteiger partial charge on any atom is 0.326 e. The summed E-state index contributed by atoms with van der Waals surface area (Å²) < 4.78 is 0. The molecule has 21 nitrogen and oxygen atoms in total. The van der Waals surface area contributed by atoms with Crippen LogP contribution in [0.25, 0.3) is 0 Å². The minimum absolute atomic E-state index is 0.0574. The number of aliphatic carboxylic acids is 1. The Morgan fingerprint density at radius 1 is 0.682 bits per heavy atom. The van der Waals surface area contributed by atoms with Gasteiger partial charge in [-0.1, -0.05) is 41.5 Å². The Morgan fingerprint density at radius 2 is 1.20 bits per heavy atom. The van der Waals surface area contributed by atoms with Crippen molar-refractivity contribution in [1.29, 1.82) is 0 Å². The van der Waals surface area contributed by atoms with Gasteiger partial charge >= 0.3 is 5.97 Å². The first-order valence-electron chi connectivity index (χ1n) is 22.8. The molecule has 0 saturated carbocycles. The van der Waals surface area contributed by atoms with Gasteiger partial charge in [0.05, 0.1) is 12.1 Å². The van der Waals surface area contributed by atoms with Crippen LogP contribution in [0.3, 0.4) is 0 Å². The van der Waals surface area contributed by atoms with Crippen LogP contribution in [0, 0.1) is 17.8 Å².